The topological polar surface area (TPSA) is 33.5 Å². The molecule has 1 aliphatic heterocycles. The van der Waals surface area contributed by atoms with E-state index < -0.39 is 0 Å². The number of furan rings is 1. The number of hydrogen-bond donors (Lipinski definition) is 0. The molecule has 1 saturated heterocycles. The first-order chi connectivity index (χ1) is 9.67. The normalized spacial score (nSPS) is 20.4. The second kappa shape index (κ2) is 7.21. The van der Waals surface area contributed by atoms with Crippen LogP contribution in [0.4, 0.5) is 0 Å². The second-order valence-electron chi connectivity index (χ2n) is 5.45. The molecule has 4 heteroatoms. The molecule has 3 nitrogen and oxygen atoms in total. The number of carbonyl (C=O) groups excluding carboxylic acids is 1. The van der Waals surface area contributed by atoms with Gasteiger partial charge in [-0.3, -0.25) is 4.79 Å². The van der Waals surface area contributed by atoms with Gasteiger partial charge in [-0.25, -0.2) is 0 Å². The van der Waals surface area contributed by atoms with Crippen molar-refractivity contribution in [2.24, 2.45) is 5.92 Å². The molecule has 0 radical (unpaired) electrons. The fourth-order valence-corrected chi connectivity index (χ4v) is 3.91. The molecule has 112 valence electrons. The predicted molar refractivity (Wildman–Crippen MR) is 83.7 cm³/mol. The van der Waals surface area contributed by atoms with E-state index in [9.17, 15) is 4.79 Å². The number of thioether (sulfide) groups is 1. The van der Waals surface area contributed by atoms with Gasteiger partial charge in [0.05, 0.1) is 0 Å². The average Bonchev–Trinajstić information content (AvgIpc) is 3.07. The summed E-state index contributed by atoms with van der Waals surface area (Å²) in [7, 11) is 0. The molecule has 2 atom stereocenters. The lowest BCUT2D eigenvalue weighted by molar-refractivity contribution is -0.136. The minimum atomic E-state index is 0.0758. The van der Waals surface area contributed by atoms with Gasteiger partial charge in [0.1, 0.15) is 16.9 Å². The van der Waals surface area contributed by atoms with E-state index in [4.69, 9.17) is 4.42 Å². The summed E-state index contributed by atoms with van der Waals surface area (Å²) in [6, 6.07) is 3.98. The summed E-state index contributed by atoms with van der Waals surface area (Å²) in [5, 5.41) is 0.0758. The van der Waals surface area contributed by atoms with Gasteiger partial charge < -0.3 is 9.32 Å². The molecule has 0 aromatic carbocycles. The van der Waals surface area contributed by atoms with E-state index in [0.29, 0.717) is 5.91 Å². The Bertz CT molecular complexity index is 443. The summed E-state index contributed by atoms with van der Waals surface area (Å²) in [6.07, 6.45) is 4.23. The number of carbonyl (C=O) groups is 1. The van der Waals surface area contributed by atoms with E-state index in [0.717, 1.165) is 49.5 Å². The van der Waals surface area contributed by atoms with Crippen molar-refractivity contribution in [1.29, 1.82) is 0 Å². The number of rotatable bonds is 6. The van der Waals surface area contributed by atoms with Crippen molar-refractivity contribution in [3.05, 3.63) is 23.7 Å². The van der Waals surface area contributed by atoms with Crippen LogP contribution >= 0.6 is 11.8 Å². The second-order valence-corrected chi connectivity index (χ2v) is 6.64. The van der Waals surface area contributed by atoms with Gasteiger partial charge in [-0.2, -0.15) is 0 Å². The minimum Gasteiger partial charge on any atom is -0.463 e. The molecule has 1 amide bonds. The minimum absolute atomic E-state index is 0.0758. The first-order valence-corrected chi connectivity index (χ1v) is 8.70. The Morgan fingerprint density at radius 1 is 1.50 bits per heavy atom. The van der Waals surface area contributed by atoms with Crippen LogP contribution in [0.5, 0.6) is 0 Å². The Labute approximate surface area is 126 Å². The third-order valence-corrected chi connectivity index (χ3v) is 5.15. The van der Waals surface area contributed by atoms with Gasteiger partial charge in [-0.05, 0) is 31.9 Å². The Morgan fingerprint density at radius 3 is 2.90 bits per heavy atom. The van der Waals surface area contributed by atoms with Crippen molar-refractivity contribution < 1.29 is 9.21 Å². The van der Waals surface area contributed by atoms with Crippen molar-refractivity contribution in [2.45, 2.75) is 51.8 Å². The van der Waals surface area contributed by atoms with Crippen LogP contribution in [-0.4, -0.2) is 23.1 Å². The Kier molecular flexibility index (Phi) is 5.58. The molecule has 1 aromatic rings. The molecule has 2 heterocycles. The maximum atomic E-state index is 12.7. The van der Waals surface area contributed by atoms with Crippen LogP contribution in [0.2, 0.25) is 0 Å². The molecular formula is C16H25NO2S. The maximum absolute atomic E-state index is 12.7. The summed E-state index contributed by atoms with van der Waals surface area (Å²) in [5.74, 6) is 3.32. The average molecular weight is 295 g/mol. The third kappa shape index (κ3) is 3.40. The molecule has 0 bridgehead atoms. The lowest BCUT2D eigenvalue weighted by Crippen LogP contribution is -2.35. The highest BCUT2D eigenvalue weighted by Crippen LogP contribution is 2.40. The number of aryl methyl sites for hydroxylation is 1. The van der Waals surface area contributed by atoms with Crippen LogP contribution in [0.25, 0.3) is 0 Å². The van der Waals surface area contributed by atoms with Crippen LogP contribution in [0.15, 0.2) is 16.5 Å². The van der Waals surface area contributed by atoms with Gasteiger partial charge in [0.2, 0.25) is 5.91 Å². The SMILES string of the molecule is CCCCC(CC)C(=O)N1CCSC1c1ccc(C)o1. The highest BCUT2D eigenvalue weighted by molar-refractivity contribution is 7.99. The van der Waals surface area contributed by atoms with Crippen LogP contribution < -0.4 is 0 Å². The van der Waals surface area contributed by atoms with E-state index in [1.807, 2.05) is 35.7 Å². The zero-order valence-electron chi connectivity index (χ0n) is 12.7. The van der Waals surface area contributed by atoms with Crippen molar-refractivity contribution >= 4 is 17.7 Å². The van der Waals surface area contributed by atoms with E-state index in [-0.39, 0.29) is 11.3 Å². The monoisotopic (exact) mass is 295 g/mol. The van der Waals surface area contributed by atoms with Gasteiger partial charge in [-0.15, -0.1) is 11.8 Å². The first kappa shape index (κ1) is 15.5. The fourth-order valence-electron chi connectivity index (χ4n) is 2.70. The molecule has 1 aliphatic rings. The molecule has 0 spiro atoms. The molecular weight excluding hydrogens is 270 g/mol. The Hall–Kier alpha value is -0.900. The lowest BCUT2D eigenvalue weighted by atomic mass is 9.97. The standard InChI is InChI=1S/C16H25NO2S/c1-4-6-7-13(5-2)15(18)17-10-11-20-16(17)14-9-8-12(3)19-14/h8-9,13,16H,4-7,10-11H2,1-3H3. The summed E-state index contributed by atoms with van der Waals surface area (Å²) in [6.45, 7) is 7.09. The number of hydrogen-bond acceptors (Lipinski definition) is 3. The van der Waals surface area contributed by atoms with Crippen LogP contribution in [0.3, 0.4) is 0 Å². The molecule has 2 unspecified atom stereocenters. The zero-order chi connectivity index (χ0) is 14.5. The molecule has 0 saturated carbocycles. The quantitative estimate of drug-likeness (QED) is 0.781. The first-order valence-electron chi connectivity index (χ1n) is 7.65. The zero-order valence-corrected chi connectivity index (χ0v) is 13.5. The smallest absolute Gasteiger partial charge is 0.226 e. The van der Waals surface area contributed by atoms with Crippen molar-refractivity contribution in [3.63, 3.8) is 0 Å². The molecule has 1 aromatic heterocycles. The van der Waals surface area contributed by atoms with E-state index in [2.05, 4.69) is 13.8 Å². The van der Waals surface area contributed by atoms with Gasteiger partial charge in [0, 0.05) is 18.2 Å². The van der Waals surface area contributed by atoms with E-state index in [1.165, 1.54) is 0 Å². The van der Waals surface area contributed by atoms with Crippen LogP contribution in [0.1, 0.15) is 56.4 Å². The summed E-state index contributed by atoms with van der Waals surface area (Å²) in [5.41, 5.74) is 0. The Morgan fingerprint density at radius 2 is 2.30 bits per heavy atom. The highest BCUT2D eigenvalue weighted by atomic mass is 32.2. The molecule has 0 N–H and O–H groups in total. The Balaban J connectivity index is 2.07. The lowest BCUT2D eigenvalue weighted by Gasteiger charge is -2.26. The fraction of sp³-hybridized carbons (Fsp3) is 0.688. The van der Waals surface area contributed by atoms with Gasteiger partial charge in [0.15, 0.2) is 0 Å². The van der Waals surface area contributed by atoms with E-state index in [1.54, 1.807) is 0 Å². The van der Waals surface area contributed by atoms with Crippen molar-refractivity contribution in [3.8, 4) is 0 Å². The predicted octanol–water partition coefficient (Wildman–Crippen LogP) is 4.38. The molecule has 20 heavy (non-hydrogen) atoms. The summed E-state index contributed by atoms with van der Waals surface area (Å²) >= 11 is 1.81. The largest absolute Gasteiger partial charge is 0.463 e. The van der Waals surface area contributed by atoms with Crippen molar-refractivity contribution in [1.82, 2.24) is 4.90 Å². The van der Waals surface area contributed by atoms with Crippen LogP contribution in [-0.2, 0) is 4.79 Å². The third-order valence-electron chi connectivity index (χ3n) is 3.93. The van der Waals surface area contributed by atoms with Gasteiger partial charge in [-0.1, -0.05) is 26.7 Å². The maximum Gasteiger partial charge on any atom is 0.226 e. The number of amides is 1. The van der Waals surface area contributed by atoms with Crippen molar-refractivity contribution in [2.75, 3.05) is 12.3 Å². The molecule has 1 fully saturated rings. The summed E-state index contributed by atoms with van der Waals surface area (Å²) in [4.78, 5) is 14.8. The van der Waals surface area contributed by atoms with Gasteiger partial charge >= 0.3 is 0 Å². The molecule has 0 aliphatic carbocycles. The summed E-state index contributed by atoms with van der Waals surface area (Å²) < 4.78 is 5.73. The molecule has 2 rings (SSSR count). The van der Waals surface area contributed by atoms with Gasteiger partial charge in [0.25, 0.3) is 0 Å². The van der Waals surface area contributed by atoms with Crippen LogP contribution in [0, 0.1) is 12.8 Å². The highest BCUT2D eigenvalue weighted by Gasteiger charge is 2.35. The number of nitrogens with zero attached hydrogens (tertiary/aromatic N) is 1. The van der Waals surface area contributed by atoms with E-state index >= 15 is 0 Å². The number of unbranched alkanes of at least 4 members (excludes halogenated alkanes) is 1.